The van der Waals surface area contributed by atoms with Crippen LogP contribution in [0.3, 0.4) is 0 Å². The van der Waals surface area contributed by atoms with Crippen LogP contribution >= 0.6 is 23.2 Å². The zero-order valence-corrected chi connectivity index (χ0v) is 11.9. The summed E-state index contributed by atoms with van der Waals surface area (Å²) >= 11 is 11.8. The Morgan fingerprint density at radius 3 is 2.75 bits per heavy atom. The zero-order chi connectivity index (χ0) is 14.7. The van der Waals surface area contributed by atoms with Crippen molar-refractivity contribution < 1.29 is 18.7 Å². The molecule has 0 spiro atoms. The molecule has 0 unspecified atom stereocenters. The summed E-state index contributed by atoms with van der Waals surface area (Å²) in [7, 11) is 0. The summed E-state index contributed by atoms with van der Waals surface area (Å²) in [4.78, 5) is 26.9. The lowest BCUT2D eigenvalue weighted by atomic mass is 10.2. The highest BCUT2D eigenvalue weighted by atomic mass is 35.5. The van der Waals surface area contributed by atoms with Gasteiger partial charge in [0.2, 0.25) is 11.7 Å². The first kappa shape index (κ1) is 14.6. The molecule has 0 fully saturated rings. The van der Waals surface area contributed by atoms with Crippen LogP contribution in [0.15, 0.2) is 28.8 Å². The third-order valence-corrected chi connectivity index (χ3v) is 2.90. The minimum absolute atomic E-state index is 0.106. The van der Waals surface area contributed by atoms with E-state index >= 15 is 0 Å². The van der Waals surface area contributed by atoms with E-state index in [1.165, 1.54) is 6.07 Å². The molecule has 0 radical (unpaired) electrons. The molecule has 0 atom stereocenters. The van der Waals surface area contributed by atoms with Crippen LogP contribution in [0.1, 0.15) is 17.5 Å². The summed E-state index contributed by atoms with van der Waals surface area (Å²) in [5.74, 6) is -1.96. The van der Waals surface area contributed by atoms with Gasteiger partial charge in [0.15, 0.2) is 0 Å². The number of esters is 1. The molecule has 1 heterocycles. The monoisotopic (exact) mass is 313 g/mol. The van der Waals surface area contributed by atoms with Gasteiger partial charge in [-0.25, -0.2) is 9.78 Å². The molecule has 1 aromatic carbocycles. The maximum atomic E-state index is 11.7. The van der Waals surface area contributed by atoms with Crippen LogP contribution in [0.5, 0.6) is 0 Å². The maximum absolute atomic E-state index is 11.7. The molecule has 2 aromatic rings. The fraction of sp³-hybridized carbons (Fsp3) is 0.154. The number of hydrogen-bond acceptors (Lipinski definition) is 5. The van der Waals surface area contributed by atoms with Crippen LogP contribution in [0.25, 0.3) is 11.5 Å². The SMILES string of the molecule is CCOC(=O)C(=O)c1cnc(-c2ccc(Cl)cc2Cl)o1. The highest BCUT2D eigenvalue weighted by Crippen LogP contribution is 2.29. The van der Waals surface area contributed by atoms with Crippen molar-refractivity contribution in [3.8, 4) is 11.5 Å². The first-order chi connectivity index (χ1) is 9.52. The molecule has 0 bridgehead atoms. The number of carbonyl (C=O) groups excluding carboxylic acids is 2. The van der Waals surface area contributed by atoms with E-state index in [4.69, 9.17) is 27.6 Å². The Morgan fingerprint density at radius 2 is 2.10 bits per heavy atom. The predicted octanol–water partition coefficient (Wildman–Crippen LogP) is 3.39. The molecule has 0 aliphatic rings. The van der Waals surface area contributed by atoms with Gasteiger partial charge >= 0.3 is 11.8 Å². The van der Waals surface area contributed by atoms with Gasteiger partial charge in [0, 0.05) is 5.02 Å². The molecule has 1 aromatic heterocycles. The summed E-state index contributed by atoms with van der Waals surface area (Å²) < 4.78 is 9.82. The van der Waals surface area contributed by atoms with E-state index < -0.39 is 11.8 Å². The average molecular weight is 314 g/mol. The Kier molecular flexibility index (Phi) is 4.42. The van der Waals surface area contributed by atoms with Gasteiger partial charge in [-0.15, -0.1) is 0 Å². The molecule has 0 saturated heterocycles. The van der Waals surface area contributed by atoms with Crippen LogP contribution in [0, 0.1) is 0 Å². The molecule has 0 amide bonds. The number of ether oxygens (including phenoxy) is 1. The van der Waals surface area contributed by atoms with Crippen molar-refractivity contribution in [1.82, 2.24) is 4.98 Å². The minimum atomic E-state index is -0.989. The Labute approximate surface area is 124 Å². The zero-order valence-electron chi connectivity index (χ0n) is 10.4. The number of ketones is 1. The van der Waals surface area contributed by atoms with E-state index in [-0.39, 0.29) is 18.3 Å². The van der Waals surface area contributed by atoms with Gasteiger partial charge in [0.05, 0.1) is 23.4 Å². The summed E-state index contributed by atoms with van der Waals surface area (Å²) in [6.07, 6.45) is 1.15. The molecular weight excluding hydrogens is 305 g/mol. The summed E-state index contributed by atoms with van der Waals surface area (Å²) in [6, 6.07) is 4.74. The largest absolute Gasteiger partial charge is 0.460 e. The number of hydrogen-bond donors (Lipinski definition) is 0. The number of benzene rings is 1. The van der Waals surface area contributed by atoms with Gasteiger partial charge in [0.1, 0.15) is 0 Å². The van der Waals surface area contributed by atoms with E-state index in [1.54, 1.807) is 19.1 Å². The van der Waals surface area contributed by atoms with E-state index in [0.29, 0.717) is 15.6 Å². The normalized spacial score (nSPS) is 10.3. The van der Waals surface area contributed by atoms with Gasteiger partial charge < -0.3 is 9.15 Å². The first-order valence-electron chi connectivity index (χ1n) is 5.65. The molecule has 0 aliphatic carbocycles. The lowest BCUT2D eigenvalue weighted by Gasteiger charge is -2.00. The van der Waals surface area contributed by atoms with Crippen molar-refractivity contribution in [3.63, 3.8) is 0 Å². The topological polar surface area (TPSA) is 69.4 Å². The Bertz CT molecular complexity index is 666. The molecule has 7 heteroatoms. The number of Topliss-reactive ketones (excluding diaryl/α,β-unsaturated/α-hetero) is 1. The third-order valence-electron chi connectivity index (χ3n) is 2.35. The standard InChI is InChI=1S/C13H9Cl2NO4/c1-2-19-13(18)11(17)10-6-16-12(20-10)8-4-3-7(14)5-9(8)15/h3-6H,2H2,1H3. The minimum Gasteiger partial charge on any atom is -0.460 e. The fourth-order valence-corrected chi connectivity index (χ4v) is 1.95. The van der Waals surface area contributed by atoms with Gasteiger partial charge in [-0.1, -0.05) is 23.2 Å². The molecule has 2 rings (SSSR count). The molecule has 5 nitrogen and oxygen atoms in total. The van der Waals surface area contributed by atoms with Crippen LogP contribution in [0.4, 0.5) is 0 Å². The number of rotatable bonds is 4. The van der Waals surface area contributed by atoms with Gasteiger partial charge in [-0.2, -0.15) is 0 Å². The number of oxazole rings is 1. The number of nitrogens with zero attached hydrogens (tertiary/aromatic N) is 1. The molecule has 104 valence electrons. The second-order valence-corrected chi connectivity index (χ2v) is 4.55. The highest BCUT2D eigenvalue weighted by Gasteiger charge is 2.23. The van der Waals surface area contributed by atoms with Gasteiger partial charge in [-0.05, 0) is 25.1 Å². The lowest BCUT2D eigenvalue weighted by molar-refractivity contribution is -0.137. The predicted molar refractivity (Wildman–Crippen MR) is 72.9 cm³/mol. The van der Waals surface area contributed by atoms with E-state index in [0.717, 1.165) is 6.20 Å². The van der Waals surface area contributed by atoms with Crippen LogP contribution in [0.2, 0.25) is 10.0 Å². The molecule has 0 aliphatic heterocycles. The van der Waals surface area contributed by atoms with Crippen molar-refractivity contribution >= 4 is 35.0 Å². The smallest absolute Gasteiger partial charge is 0.383 e. The van der Waals surface area contributed by atoms with Crippen molar-refractivity contribution in [2.24, 2.45) is 0 Å². The van der Waals surface area contributed by atoms with Crippen LogP contribution in [-0.4, -0.2) is 23.3 Å². The van der Waals surface area contributed by atoms with Crippen molar-refractivity contribution in [1.29, 1.82) is 0 Å². The van der Waals surface area contributed by atoms with Crippen LogP contribution < -0.4 is 0 Å². The van der Waals surface area contributed by atoms with Crippen molar-refractivity contribution in [2.75, 3.05) is 6.61 Å². The van der Waals surface area contributed by atoms with E-state index in [1.807, 2.05) is 0 Å². The third kappa shape index (κ3) is 3.00. The van der Waals surface area contributed by atoms with E-state index in [2.05, 4.69) is 9.72 Å². The Balaban J connectivity index is 2.29. The average Bonchev–Trinajstić information content (AvgIpc) is 2.87. The summed E-state index contributed by atoms with van der Waals surface area (Å²) in [6.45, 7) is 1.71. The molecule has 0 saturated carbocycles. The van der Waals surface area contributed by atoms with Gasteiger partial charge in [-0.3, -0.25) is 4.79 Å². The Morgan fingerprint density at radius 1 is 1.35 bits per heavy atom. The quantitative estimate of drug-likeness (QED) is 0.491. The summed E-state index contributed by atoms with van der Waals surface area (Å²) in [5.41, 5.74) is 0.471. The van der Waals surface area contributed by atoms with Crippen LogP contribution in [-0.2, 0) is 9.53 Å². The fourth-order valence-electron chi connectivity index (χ4n) is 1.46. The number of carbonyl (C=O) groups is 2. The lowest BCUT2D eigenvalue weighted by Crippen LogP contribution is -2.16. The molecule has 20 heavy (non-hydrogen) atoms. The first-order valence-corrected chi connectivity index (χ1v) is 6.41. The second-order valence-electron chi connectivity index (χ2n) is 3.70. The number of aromatic nitrogens is 1. The number of halogens is 2. The second kappa shape index (κ2) is 6.07. The summed E-state index contributed by atoms with van der Waals surface area (Å²) in [5, 5.41) is 0.794. The van der Waals surface area contributed by atoms with E-state index in [9.17, 15) is 9.59 Å². The molecule has 0 N–H and O–H groups in total. The van der Waals surface area contributed by atoms with Crippen molar-refractivity contribution in [3.05, 3.63) is 40.2 Å². The highest BCUT2D eigenvalue weighted by molar-refractivity contribution is 6.39. The van der Waals surface area contributed by atoms with Gasteiger partial charge in [0.25, 0.3) is 0 Å². The maximum Gasteiger partial charge on any atom is 0.383 e. The van der Waals surface area contributed by atoms with Crippen molar-refractivity contribution in [2.45, 2.75) is 6.92 Å². The molecular formula is C13H9Cl2NO4. The Hall–Kier alpha value is -1.85.